The SMILES string of the molecule is COc1cccc(-c2sc(N(C)C)nc2C(=O)N2CCSC2C(N)=O)c1. The number of amides is 2. The summed E-state index contributed by atoms with van der Waals surface area (Å²) in [6.45, 7) is 0.476. The molecule has 1 atom stereocenters. The standard InChI is InChI=1S/C17H20N4O3S2/c1-20(2)17-19-12(15(23)21-7-8-25-16(21)14(18)22)13(26-17)10-5-4-6-11(9-10)24-3/h4-6,9,16H,7-8H2,1-3H3,(H2,18,22). The molecule has 9 heteroatoms. The summed E-state index contributed by atoms with van der Waals surface area (Å²) in [4.78, 5) is 33.5. The van der Waals surface area contributed by atoms with Gasteiger partial charge in [0.05, 0.1) is 12.0 Å². The van der Waals surface area contributed by atoms with Gasteiger partial charge < -0.3 is 20.3 Å². The van der Waals surface area contributed by atoms with Gasteiger partial charge in [0.25, 0.3) is 11.8 Å². The first-order valence-electron chi connectivity index (χ1n) is 7.97. The topological polar surface area (TPSA) is 88.8 Å². The summed E-state index contributed by atoms with van der Waals surface area (Å²) in [5.41, 5.74) is 6.63. The number of carbonyl (C=O) groups excluding carboxylic acids is 2. The lowest BCUT2D eigenvalue weighted by Gasteiger charge is -2.20. The Morgan fingerprint density at radius 3 is 2.81 bits per heavy atom. The number of nitrogens with zero attached hydrogens (tertiary/aromatic N) is 3. The number of anilines is 1. The Morgan fingerprint density at radius 1 is 1.38 bits per heavy atom. The summed E-state index contributed by atoms with van der Waals surface area (Å²) in [5.74, 6) is 0.596. The van der Waals surface area contributed by atoms with Crippen LogP contribution >= 0.6 is 23.1 Å². The van der Waals surface area contributed by atoms with E-state index in [0.717, 1.165) is 10.4 Å². The van der Waals surface area contributed by atoms with E-state index in [1.54, 1.807) is 7.11 Å². The van der Waals surface area contributed by atoms with E-state index < -0.39 is 11.3 Å². The van der Waals surface area contributed by atoms with E-state index in [0.29, 0.717) is 28.9 Å². The van der Waals surface area contributed by atoms with Crippen LogP contribution in [0, 0.1) is 0 Å². The van der Waals surface area contributed by atoms with E-state index in [1.807, 2.05) is 43.3 Å². The summed E-state index contributed by atoms with van der Waals surface area (Å²) >= 11 is 2.80. The molecule has 2 N–H and O–H groups in total. The zero-order valence-electron chi connectivity index (χ0n) is 14.8. The molecule has 1 unspecified atom stereocenters. The summed E-state index contributed by atoms with van der Waals surface area (Å²) in [7, 11) is 5.35. The van der Waals surface area contributed by atoms with Crippen LogP contribution in [0.3, 0.4) is 0 Å². The first kappa shape index (κ1) is 18.5. The molecular weight excluding hydrogens is 372 g/mol. The average Bonchev–Trinajstić information content (AvgIpc) is 3.28. The van der Waals surface area contributed by atoms with Gasteiger partial charge in [-0.15, -0.1) is 11.8 Å². The van der Waals surface area contributed by atoms with Crippen molar-refractivity contribution in [2.45, 2.75) is 5.37 Å². The third-order valence-corrected chi connectivity index (χ3v) is 6.42. The smallest absolute Gasteiger partial charge is 0.275 e. The Bertz CT molecular complexity index is 837. The summed E-state index contributed by atoms with van der Waals surface area (Å²) in [5, 5.41) is 0.0683. The number of nitrogens with two attached hydrogens (primary N) is 1. The van der Waals surface area contributed by atoms with E-state index in [2.05, 4.69) is 4.98 Å². The van der Waals surface area contributed by atoms with Gasteiger partial charge in [0.15, 0.2) is 10.5 Å². The molecule has 1 saturated heterocycles. The molecule has 0 saturated carbocycles. The van der Waals surface area contributed by atoms with Gasteiger partial charge in [-0.3, -0.25) is 9.59 Å². The molecule has 1 aromatic carbocycles. The fourth-order valence-corrected chi connectivity index (χ4v) is 4.70. The molecule has 0 spiro atoms. The van der Waals surface area contributed by atoms with E-state index in [-0.39, 0.29) is 5.91 Å². The Kier molecular flexibility index (Phi) is 5.38. The molecule has 0 aliphatic carbocycles. The van der Waals surface area contributed by atoms with Crippen LogP contribution in [0.2, 0.25) is 0 Å². The van der Waals surface area contributed by atoms with Crippen LogP contribution in [0.5, 0.6) is 5.75 Å². The number of hydrogen-bond acceptors (Lipinski definition) is 7. The van der Waals surface area contributed by atoms with Crippen molar-refractivity contribution in [1.82, 2.24) is 9.88 Å². The summed E-state index contributed by atoms with van der Waals surface area (Å²) in [6.07, 6.45) is 0. The number of thioether (sulfide) groups is 1. The fourth-order valence-electron chi connectivity index (χ4n) is 2.65. The first-order chi connectivity index (χ1) is 12.4. The molecule has 2 amide bonds. The fraction of sp³-hybridized carbons (Fsp3) is 0.353. The minimum atomic E-state index is -0.648. The third-order valence-electron chi connectivity index (χ3n) is 3.93. The second-order valence-electron chi connectivity index (χ2n) is 5.92. The quantitative estimate of drug-likeness (QED) is 0.836. The maximum atomic E-state index is 13.1. The predicted octanol–water partition coefficient (Wildman–Crippen LogP) is 1.89. The van der Waals surface area contributed by atoms with Gasteiger partial charge >= 0.3 is 0 Å². The van der Waals surface area contributed by atoms with Crippen molar-refractivity contribution in [3.63, 3.8) is 0 Å². The normalized spacial score (nSPS) is 16.6. The minimum absolute atomic E-state index is 0.277. The van der Waals surface area contributed by atoms with Crippen LogP contribution in [0.1, 0.15) is 10.5 Å². The number of carbonyl (C=O) groups is 2. The highest BCUT2D eigenvalue weighted by molar-refractivity contribution is 8.00. The highest BCUT2D eigenvalue weighted by Crippen LogP contribution is 2.37. The largest absolute Gasteiger partial charge is 0.497 e. The number of benzene rings is 1. The number of thiazole rings is 1. The second-order valence-corrected chi connectivity index (χ2v) is 8.09. The highest BCUT2D eigenvalue weighted by Gasteiger charge is 2.36. The summed E-state index contributed by atoms with van der Waals surface area (Å²) < 4.78 is 5.29. The number of aromatic nitrogens is 1. The highest BCUT2D eigenvalue weighted by atomic mass is 32.2. The molecule has 1 aromatic heterocycles. The van der Waals surface area contributed by atoms with Crippen molar-refractivity contribution in [2.24, 2.45) is 5.73 Å². The summed E-state index contributed by atoms with van der Waals surface area (Å²) in [6, 6.07) is 7.50. The Labute approximate surface area is 160 Å². The van der Waals surface area contributed by atoms with Crippen molar-refractivity contribution >= 4 is 40.0 Å². The molecule has 2 aromatic rings. The molecule has 0 bridgehead atoms. The van der Waals surface area contributed by atoms with Gasteiger partial charge in [-0.05, 0) is 17.7 Å². The van der Waals surface area contributed by atoms with Gasteiger partial charge in [0.1, 0.15) is 11.4 Å². The lowest BCUT2D eigenvalue weighted by molar-refractivity contribution is -0.119. The molecule has 26 heavy (non-hydrogen) atoms. The zero-order chi connectivity index (χ0) is 18.8. The molecule has 2 heterocycles. The maximum absolute atomic E-state index is 13.1. The first-order valence-corrected chi connectivity index (χ1v) is 9.83. The molecule has 0 radical (unpaired) electrons. The number of ether oxygens (including phenoxy) is 1. The van der Waals surface area contributed by atoms with Crippen molar-refractivity contribution in [3.8, 4) is 16.2 Å². The third kappa shape index (κ3) is 3.49. The van der Waals surface area contributed by atoms with Crippen molar-refractivity contribution in [2.75, 3.05) is 38.4 Å². The van der Waals surface area contributed by atoms with Crippen LogP contribution < -0.4 is 15.4 Å². The van der Waals surface area contributed by atoms with Crippen LogP contribution in [0.25, 0.3) is 10.4 Å². The second kappa shape index (κ2) is 7.55. The van der Waals surface area contributed by atoms with Crippen LogP contribution in [0.4, 0.5) is 5.13 Å². The number of primary amides is 1. The number of hydrogen-bond donors (Lipinski definition) is 1. The Morgan fingerprint density at radius 2 is 2.15 bits per heavy atom. The Hall–Kier alpha value is -2.26. The molecule has 1 fully saturated rings. The molecule has 1 aliphatic rings. The van der Waals surface area contributed by atoms with Crippen molar-refractivity contribution in [1.29, 1.82) is 0 Å². The lowest BCUT2D eigenvalue weighted by Crippen LogP contribution is -2.42. The Balaban J connectivity index is 2.05. The number of rotatable bonds is 5. The van der Waals surface area contributed by atoms with Crippen molar-refractivity contribution in [3.05, 3.63) is 30.0 Å². The van der Waals surface area contributed by atoms with E-state index in [4.69, 9.17) is 10.5 Å². The molecule has 1 aliphatic heterocycles. The molecule has 138 valence electrons. The monoisotopic (exact) mass is 392 g/mol. The molecule has 7 nitrogen and oxygen atoms in total. The molecular formula is C17H20N4O3S2. The molecule has 3 rings (SSSR count). The van der Waals surface area contributed by atoms with E-state index >= 15 is 0 Å². The van der Waals surface area contributed by atoms with Crippen LogP contribution in [-0.4, -0.2) is 60.6 Å². The van der Waals surface area contributed by atoms with E-state index in [9.17, 15) is 9.59 Å². The van der Waals surface area contributed by atoms with Gasteiger partial charge in [0.2, 0.25) is 0 Å². The lowest BCUT2D eigenvalue weighted by atomic mass is 10.1. The van der Waals surface area contributed by atoms with E-state index in [1.165, 1.54) is 28.0 Å². The minimum Gasteiger partial charge on any atom is -0.497 e. The van der Waals surface area contributed by atoms with Gasteiger partial charge in [-0.2, -0.15) is 0 Å². The van der Waals surface area contributed by atoms with Crippen LogP contribution in [0.15, 0.2) is 24.3 Å². The van der Waals surface area contributed by atoms with Gasteiger partial charge in [0, 0.05) is 26.4 Å². The van der Waals surface area contributed by atoms with Crippen molar-refractivity contribution < 1.29 is 14.3 Å². The zero-order valence-corrected chi connectivity index (χ0v) is 16.4. The van der Waals surface area contributed by atoms with Gasteiger partial charge in [-0.25, -0.2) is 4.98 Å². The average molecular weight is 393 g/mol. The van der Waals surface area contributed by atoms with Gasteiger partial charge in [-0.1, -0.05) is 23.5 Å². The predicted molar refractivity (Wildman–Crippen MR) is 105 cm³/mol. The number of methoxy groups -OCH3 is 1. The van der Waals surface area contributed by atoms with Crippen LogP contribution in [-0.2, 0) is 4.79 Å². The maximum Gasteiger partial charge on any atom is 0.275 e.